The minimum atomic E-state index is 0.180. The van der Waals surface area contributed by atoms with E-state index in [1.165, 1.54) is 0 Å². The van der Waals surface area contributed by atoms with Crippen molar-refractivity contribution in [1.29, 1.82) is 0 Å². The molecule has 1 aliphatic heterocycles. The molecule has 1 aliphatic rings. The number of amides is 1. The molecule has 1 fully saturated rings. The molecule has 0 radical (unpaired) electrons. The molecule has 1 saturated heterocycles. The number of hydrogen-bond donors (Lipinski definition) is 0. The molecule has 29 heavy (non-hydrogen) atoms. The Balaban J connectivity index is 1.34. The van der Waals surface area contributed by atoms with Gasteiger partial charge in [0.2, 0.25) is 5.91 Å². The molecule has 150 valence electrons. The van der Waals surface area contributed by atoms with E-state index in [9.17, 15) is 4.79 Å². The predicted octanol–water partition coefficient (Wildman–Crippen LogP) is 3.75. The summed E-state index contributed by atoms with van der Waals surface area (Å²) in [6.45, 7) is 4.04. The number of carbonyl (C=O) groups excluding carboxylic acids is 1. The number of rotatable bonds is 7. The van der Waals surface area contributed by atoms with Gasteiger partial charge in [-0.25, -0.2) is 4.68 Å². The molecule has 0 spiro atoms. The van der Waals surface area contributed by atoms with E-state index in [4.69, 9.17) is 4.74 Å². The van der Waals surface area contributed by atoms with Crippen LogP contribution >= 0.6 is 0 Å². The molecular formula is C23H26N4O2. The maximum absolute atomic E-state index is 12.7. The van der Waals surface area contributed by atoms with Crippen molar-refractivity contribution in [2.24, 2.45) is 0 Å². The molecule has 0 aliphatic carbocycles. The Morgan fingerprint density at radius 1 is 1.14 bits per heavy atom. The van der Waals surface area contributed by atoms with Crippen LogP contribution in [0.15, 0.2) is 60.8 Å². The first-order valence-electron chi connectivity index (χ1n) is 10.2. The first-order valence-corrected chi connectivity index (χ1v) is 10.2. The fourth-order valence-corrected chi connectivity index (χ4v) is 3.79. The Bertz CT molecular complexity index is 954. The Kier molecular flexibility index (Phi) is 5.89. The number of hydrogen-bond acceptors (Lipinski definition) is 4. The number of para-hydroxylation sites is 1. The molecule has 0 saturated carbocycles. The SMILES string of the molecule is CCOc1ccccc1CCC(=O)N1CCC(n2cc(-c3ccccc3)nn2)C1. The van der Waals surface area contributed by atoms with Crippen molar-refractivity contribution < 1.29 is 9.53 Å². The van der Waals surface area contributed by atoms with Crippen molar-refractivity contribution in [1.82, 2.24) is 19.9 Å². The van der Waals surface area contributed by atoms with Crippen LogP contribution < -0.4 is 4.74 Å². The van der Waals surface area contributed by atoms with Gasteiger partial charge in [-0.1, -0.05) is 53.7 Å². The van der Waals surface area contributed by atoms with Crippen molar-refractivity contribution in [3.05, 3.63) is 66.4 Å². The second-order valence-electron chi connectivity index (χ2n) is 7.27. The van der Waals surface area contributed by atoms with Crippen LogP contribution in [0.2, 0.25) is 0 Å². The number of aryl methyl sites for hydroxylation is 1. The lowest BCUT2D eigenvalue weighted by atomic mass is 10.1. The highest BCUT2D eigenvalue weighted by Gasteiger charge is 2.28. The zero-order valence-electron chi connectivity index (χ0n) is 16.7. The van der Waals surface area contributed by atoms with Gasteiger partial charge in [0.15, 0.2) is 0 Å². The molecule has 4 rings (SSSR count). The standard InChI is InChI=1S/C23H26N4O2/c1-2-29-22-11-7-6-10-19(22)12-13-23(28)26-15-14-20(16-26)27-17-21(24-25-27)18-8-4-3-5-9-18/h3-11,17,20H,2,12-16H2,1H3. The van der Waals surface area contributed by atoms with E-state index in [0.717, 1.165) is 35.5 Å². The number of benzene rings is 2. The lowest BCUT2D eigenvalue weighted by molar-refractivity contribution is -0.130. The summed E-state index contributed by atoms with van der Waals surface area (Å²) in [5.41, 5.74) is 3.00. The molecule has 1 aromatic heterocycles. The van der Waals surface area contributed by atoms with Crippen LogP contribution in [0.3, 0.4) is 0 Å². The van der Waals surface area contributed by atoms with Crippen molar-refractivity contribution in [2.45, 2.75) is 32.2 Å². The van der Waals surface area contributed by atoms with E-state index < -0.39 is 0 Å². The van der Waals surface area contributed by atoms with E-state index in [-0.39, 0.29) is 11.9 Å². The Morgan fingerprint density at radius 2 is 1.93 bits per heavy atom. The second kappa shape index (κ2) is 8.90. The largest absolute Gasteiger partial charge is 0.494 e. The van der Waals surface area contributed by atoms with Gasteiger partial charge in [0, 0.05) is 25.1 Å². The highest BCUT2D eigenvalue weighted by Crippen LogP contribution is 2.25. The van der Waals surface area contributed by atoms with Gasteiger partial charge in [-0.05, 0) is 31.4 Å². The molecule has 1 amide bonds. The van der Waals surface area contributed by atoms with Gasteiger partial charge < -0.3 is 9.64 Å². The predicted molar refractivity (Wildman–Crippen MR) is 112 cm³/mol. The summed E-state index contributed by atoms with van der Waals surface area (Å²) in [6.07, 6.45) is 4.06. The molecular weight excluding hydrogens is 364 g/mol. The maximum Gasteiger partial charge on any atom is 0.222 e. The summed E-state index contributed by atoms with van der Waals surface area (Å²) in [5, 5.41) is 8.61. The summed E-state index contributed by atoms with van der Waals surface area (Å²) in [4.78, 5) is 14.7. The summed E-state index contributed by atoms with van der Waals surface area (Å²) in [7, 11) is 0. The molecule has 1 unspecified atom stereocenters. The van der Waals surface area contributed by atoms with Crippen molar-refractivity contribution in [2.75, 3.05) is 19.7 Å². The van der Waals surface area contributed by atoms with Crippen molar-refractivity contribution in [3.63, 3.8) is 0 Å². The van der Waals surface area contributed by atoms with E-state index in [1.54, 1.807) is 0 Å². The highest BCUT2D eigenvalue weighted by molar-refractivity contribution is 5.77. The van der Waals surface area contributed by atoms with Gasteiger partial charge in [-0.2, -0.15) is 0 Å². The summed E-state index contributed by atoms with van der Waals surface area (Å²) >= 11 is 0. The number of nitrogens with zero attached hydrogens (tertiary/aromatic N) is 4. The fourth-order valence-electron chi connectivity index (χ4n) is 3.79. The number of carbonyl (C=O) groups is 1. The molecule has 6 nitrogen and oxygen atoms in total. The van der Waals surface area contributed by atoms with E-state index in [0.29, 0.717) is 26.0 Å². The molecule has 3 aromatic rings. The average Bonchev–Trinajstić information content (AvgIpc) is 3.44. The van der Waals surface area contributed by atoms with Crippen LogP contribution in [0.25, 0.3) is 11.3 Å². The minimum Gasteiger partial charge on any atom is -0.494 e. The van der Waals surface area contributed by atoms with E-state index in [1.807, 2.05) is 77.3 Å². The number of ether oxygens (including phenoxy) is 1. The van der Waals surface area contributed by atoms with Crippen LogP contribution in [0.5, 0.6) is 5.75 Å². The highest BCUT2D eigenvalue weighted by atomic mass is 16.5. The quantitative estimate of drug-likeness (QED) is 0.616. The minimum absolute atomic E-state index is 0.180. The third kappa shape index (κ3) is 4.47. The smallest absolute Gasteiger partial charge is 0.222 e. The fraction of sp³-hybridized carbons (Fsp3) is 0.348. The topological polar surface area (TPSA) is 60.2 Å². The van der Waals surface area contributed by atoms with Crippen LogP contribution in [0.1, 0.15) is 31.4 Å². The van der Waals surface area contributed by atoms with Crippen LogP contribution in [-0.4, -0.2) is 45.5 Å². The van der Waals surface area contributed by atoms with Gasteiger partial charge in [-0.15, -0.1) is 5.10 Å². The molecule has 1 atom stereocenters. The maximum atomic E-state index is 12.7. The Labute approximate surface area is 171 Å². The lowest BCUT2D eigenvalue weighted by Crippen LogP contribution is -2.29. The Morgan fingerprint density at radius 3 is 2.76 bits per heavy atom. The second-order valence-corrected chi connectivity index (χ2v) is 7.27. The van der Waals surface area contributed by atoms with Gasteiger partial charge in [0.25, 0.3) is 0 Å². The normalized spacial score (nSPS) is 16.2. The van der Waals surface area contributed by atoms with Crippen molar-refractivity contribution >= 4 is 5.91 Å². The monoisotopic (exact) mass is 390 g/mol. The first-order chi connectivity index (χ1) is 14.2. The summed E-state index contributed by atoms with van der Waals surface area (Å²) < 4.78 is 7.57. The lowest BCUT2D eigenvalue weighted by Gasteiger charge is -2.17. The Hall–Kier alpha value is -3.15. The molecule has 0 N–H and O–H groups in total. The van der Waals surface area contributed by atoms with Gasteiger partial charge >= 0.3 is 0 Å². The first kappa shape index (κ1) is 19.2. The van der Waals surface area contributed by atoms with Gasteiger partial charge in [0.05, 0.1) is 18.8 Å². The van der Waals surface area contributed by atoms with Crippen LogP contribution in [0.4, 0.5) is 0 Å². The molecule has 2 aromatic carbocycles. The molecule has 6 heteroatoms. The summed E-state index contributed by atoms with van der Waals surface area (Å²) in [5.74, 6) is 1.06. The average molecular weight is 390 g/mol. The zero-order chi connectivity index (χ0) is 20.1. The molecule has 0 bridgehead atoms. The molecule has 2 heterocycles. The van der Waals surface area contributed by atoms with Gasteiger partial charge in [0.1, 0.15) is 11.4 Å². The van der Waals surface area contributed by atoms with Crippen LogP contribution in [-0.2, 0) is 11.2 Å². The zero-order valence-corrected chi connectivity index (χ0v) is 16.7. The van der Waals surface area contributed by atoms with E-state index >= 15 is 0 Å². The number of aromatic nitrogens is 3. The third-order valence-corrected chi connectivity index (χ3v) is 5.35. The van der Waals surface area contributed by atoms with Crippen molar-refractivity contribution in [3.8, 4) is 17.0 Å². The number of likely N-dealkylation sites (tertiary alicyclic amines) is 1. The van der Waals surface area contributed by atoms with E-state index in [2.05, 4.69) is 10.3 Å². The van der Waals surface area contributed by atoms with Gasteiger partial charge in [-0.3, -0.25) is 4.79 Å². The third-order valence-electron chi connectivity index (χ3n) is 5.35. The van der Waals surface area contributed by atoms with Crippen LogP contribution in [0, 0.1) is 0 Å². The summed E-state index contributed by atoms with van der Waals surface area (Å²) in [6, 6.07) is 18.2.